The van der Waals surface area contributed by atoms with E-state index in [1.165, 1.54) is 0 Å². The highest BCUT2D eigenvalue weighted by molar-refractivity contribution is 14.1. The van der Waals surface area contributed by atoms with E-state index in [4.69, 9.17) is 4.74 Å². The van der Waals surface area contributed by atoms with Crippen molar-refractivity contribution in [1.29, 1.82) is 0 Å². The van der Waals surface area contributed by atoms with Crippen molar-refractivity contribution in [2.24, 2.45) is 0 Å². The number of methoxy groups -OCH3 is 1. The molecular weight excluding hydrogens is 421 g/mol. The Hall–Kier alpha value is -0.890. The third kappa shape index (κ3) is 3.00. The Morgan fingerprint density at radius 2 is 2.05 bits per heavy atom. The summed E-state index contributed by atoms with van der Waals surface area (Å²) in [5.41, 5.74) is 1.86. The Kier molecular flexibility index (Phi) is 4.62. The SMILES string of the molecule is CNc1nc(-c2cc(OC)ccc2Br)nc(C)c1I. The molecule has 0 aliphatic carbocycles. The highest BCUT2D eigenvalue weighted by atomic mass is 127. The van der Waals surface area contributed by atoms with Crippen molar-refractivity contribution in [3.63, 3.8) is 0 Å². The molecule has 0 spiro atoms. The summed E-state index contributed by atoms with van der Waals surface area (Å²) in [6.07, 6.45) is 0. The second-order valence-electron chi connectivity index (χ2n) is 3.89. The van der Waals surface area contributed by atoms with E-state index < -0.39 is 0 Å². The van der Waals surface area contributed by atoms with Crippen molar-refractivity contribution >= 4 is 44.3 Å². The fourth-order valence-corrected chi connectivity index (χ4v) is 2.58. The molecule has 0 amide bonds. The number of halogens is 2. The molecule has 0 aliphatic rings. The van der Waals surface area contributed by atoms with E-state index in [0.29, 0.717) is 5.82 Å². The van der Waals surface area contributed by atoms with Crippen LogP contribution in [0.1, 0.15) is 5.69 Å². The van der Waals surface area contributed by atoms with Gasteiger partial charge in [-0.25, -0.2) is 9.97 Å². The molecular formula is C13H13BrIN3O. The van der Waals surface area contributed by atoms with Gasteiger partial charge in [0.2, 0.25) is 0 Å². The normalized spacial score (nSPS) is 10.4. The van der Waals surface area contributed by atoms with E-state index >= 15 is 0 Å². The van der Waals surface area contributed by atoms with Crippen LogP contribution in [0.15, 0.2) is 22.7 Å². The Bertz CT molecular complexity index is 619. The third-order valence-corrected chi connectivity index (χ3v) is 4.65. The molecule has 1 aromatic heterocycles. The molecule has 0 unspecified atom stereocenters. The first-order chi connectivity index (χ1) is 9.06. The van der Waals surface area contributed by atoms with E-state index in [9.17, 15) is 0 Å². The van der Waals surface area contributed by atoms with Crippen LogP contribution < -0.4 is 10.1 Å². The molecule has 0 aliphatic heterocycles. The highest BCUT2D eigenvalue weighted by Gasteiger charge is 2.13. The number of benzene rings is 1. The van der Waals surface area contributed by atoms with Crippen LogP contribution in [0, 0.1) is 10.5 Å². The van der Waals surface area contributed by atoms with E-state index in [1.807, 2.05) is 32.2 Å². The van der Waals surface area contributed by atoms with Crippen LogP contribution in [0.4, 0.5) is 5.82 Å². The maximum atomic E-state index is 5.25. The van der Waals surface area contributed by atoms with Gasteiger partial charge in [0, 0.05) is 17.1 Å². The van der Waals surface area contributed by atoms with Crippen molar-refractivity contribution in [1.82, 2.24) is 9.97 Å². The van der Waals surface area contributed by atoms with Gasteiger partial charge < -0.3 is 10.1 Å². The Morgan fingerprint density at radius 3 is 2.68 bits per heavy atom. The van der Waals surface area contributed by atoms with Gasteiger partial charge in [-0.2, -0.15) is 0 Å². The molecule has 1 aromatic carbocycles. The molecule has 0 bridgehead atoms. The molecule has 100 valence electrons. The summed E-state index contributed by atoms with van der Waals surface area (Å²) < 4.78 is 7.22. The number of nitrogens with one attached hydrogen (secondary N) is 1. The first-order valence-corrected chi connectivity index (χ1v) is 7.49. The summed E-state index contributed by atoms with van der Waals surface area (Å²) in [6, 6.07) is 5.75. The van der Waals surface area contributed by atoms with E-state index in [0.717, 1.165) is 30.9 Å². The molecule has 1 N–H and O–H groups in total. The number of aromatic nitrogens is 2. The summed E-state index contributed by atoms with van der Waals surface area (Å²) in [5, 5.41) is 3.09. The summed E-state index contributed by atoms with van der Waals surface area (Å²) in [7, 11) is 3.50. The predicted octanol–water partition coefficient (Wildman–Crippen LogP) is 3.87. The average Bonchev–Trinajstić information content (AvgIpc) is 2.42. The van der Waals surface area contributed by atoms with Crippen molar-refractivity contribution in [3.8, 4) is 17.1 Å². The summed E-state index contributed by atoms with van der Waals surface area (Å²) in [5.74, 6) is 2.29. The van der Waals surface area contributed by atoms with E-state index in [-0.39, 0.29) is 0 Å². The summed E-state index contributed by atoms with van der Waals surface area (Å²) in [6.45, 7) is 1.97. The quantitative estimate of drug-likeness (QED) is 0.746. The van der Waals surface area contributed by atoms with Crippen LogP contribution >= 0.6 is 38.5 Å². The van der Waals surface area contributed by atoms with Crippen LogP contribution in [-0.4, -0.2) is 24.1 Å². The Morgan fingerprint density at radius 1 is 1.32 bits per heavy atom. The second-order valence-corrected chi connectivity index (χ2v) is 5.82. The lowest BCUT2D eigenvalue weighted by molar-refractivity contribution is 0.415. The average molecular weight is 434 g/mol. The number of aryl methyl sites for hydroxylation is 1. The molecule has 1 heterocycles. The van der Waals surface area contributed by atoms with Crippen LogP contribution in [0.3, 0.4) is 0 Å². The number of rotatable bonds is 3. The zero-order valence-corrected chi connectivity index (χ0v) is 14.5. The smallest absolute Gasteiger partial charge is 0.163 e. The van der Waals surface area contributed by atoms with Gasteiger partial charge in [-0.1, -0.05) is 15.9 Å². The molecule has 0 fully saturated rings. The lowest BCUT2D eigenvalue weighted by atomic mass is 10.2. The van der Waals surface area contributed by atoms with Crippen molar-refractivity contribution in [3.05, 3.63) is 31.9 Å². The minimum absolute atomic E-state index is 0.674. The van der Waals surface area contributed by atoms with Crippen LogP contribution in [-0.2, 0) is 0 Å². The van der Waals surface area contributed by atoms with Gasteiger partial charge >= 0.3 is 0 Å². The van der Waals surface area contributed by atoms with E-state index in [1.54, 1.807) is 7.11 Å². The molecule has 2 rings (SSSR count). The molecule has 19 heavy (non-hydrogen) atoms. The van der Waals surface area contributed by atoms with E-state index in [2.05, 4.69) is 53.8 Å². The maximum absolute atomic E-state index is 5.25. The number of anilines is 1. The van der Waals surface area contributed by atoms with Gasteiger partial charge in [-0.05, 0) is 47.7 Å². The lowest BCUT2D eigenvalue weighted by Crippen LogP contribution is -2.03. The van der Waals surface area contributed by atoms with Gasteiger partial charge in [-0.15, -0.1) is 0 Å². The topological polar surface area (TPSA) is 47.0 Å². The van der Waals surface area contributed by atoms with Crippen molar-refractivity contribution in [2.45, 2.75) is 6.92 Å². The van der Waals surface area contributed by atoms with Gasteiger partial charge in [0.25, 0.3) is 0 Å². The van der Waals surface area contributed by atoms with Crippen LogP contribution in [0.25, 0.3) is 11.4 Å². The standard InChI is InChI=1S/C13H13BrIN3O/c1-7-11(15)13(16-2)18-12(17-7)9-6-8(19-3)4-5-10(9)14/h4-6H,1-3H3,(H,16,17,18). The van der Waals surface area contributed by atoms with Gasteiger partial charge in [0.15, 0.2) is 5.82 Å². The minimum atomic E-state index is 0.674. The number of hydrogen-bond acceptors (Lipinski definition) is 4. The molecule has 0 radical (unpaired) electrons. The van der Waals surface area contributed by atoms with Crippen molar-refractivity contribution < 1.29 is 4.74 Å². The van der Waals surface area contributed by atoms with Crippen LogP contribution in [0.2, 0.25) is 0 Å². The zero-order chi connectivity index (χ0) is 14.0. The number of nitrogens with zero attached hydrogens (tertiary/aromatic N) is 2. The highest BCUT2D eigenvalue weighted by Crippen LogP contribution is 2.31. The second kappa shape index (κ2) is 6.04. The summed E-state index contributed by atoms with van der Waals surface area (Å²) in [4.78, 5) is 9.09. The minimum Gasteiger partial charge on any atom is -0.497 e. The largest absolute Gasteiger partial charge is 0.497 e. The van der Waals surface area contributed by atoms with Crippen molar-refractivity contribution in [2.75, 3.05) is 19.5 Å². The molecule has 0 saturated carbocycles. The third-order valence-electron chi connectivity index (χ3n) is 2.67. The zero-order valence-electron chi connectivity index (χ0n) is 10.8. The maximum Gasteiger partial charge on any atom is 0.163 e. The summed E-state index contributed by atoms with van der Waals surface area (Å²) >= 11 is 5.77. The monoisotopic (exact) mass is 433 g/mol. The molecule has 4 nitrogen and oxygen atoms in total. The fraction of sp³-hybridized carbons (Fsp3) is 0.231. The number of hydrogen-bond donors (Lipinski definition) is 1. The molecule has 6 heteroatoms. The fourth-order valence-electron chi connectivity index (χ4n) is 1.65. The van der Waals surface area contributed by atoms with Gasteiger partial charge in [0.05, 0.1) is 16.4 Å². The Balaban J connectivity index is 2.61. The molecule has 0 saturated heterocycles. The lowest BCUT2D eigenvalue weighted by Gasteiger charge is -2.10. The number of ether oxygens (including phenoxy) is 1. The first kappa shape index (κ1) is 14.5. The van der Waals surface area contributed by atoms with Gasteiger partial charge in [-0.3, -0.25) is 0 Å². The van der Waals surface area contributed by atoms with Crippen LogP contribution in [0.5, 0.6) is 5.75 Å². The first-order valence-electron chi connectivity index (χ1n) is 5.62. The Labute approximate surface area is 134 Å². The molecule has 2 aromatic rings. The van der Waals surface area contributed by atoms with Gasteiger partial charge in [0.1, 0.15) is 11.6 Å². The molecule has 0 atom stereocenters. The predicted molar refractivity (Wildman–Crippen MR) is 88.7 cm³/mol.